The standard InChI is InChI=1S/C15H23N3O2/c1-9(2)10-4-6-11(7-5-10)14-17-8-12(13(16)18-14)15(19)20-3/h8-11H,4-7H2,1-3H3,(H2,16,17,18). The molecule has 1 heterocycles. The van der Waals surface area contributed by atoms with Crippen molar-refractivity contribution in [3.05, 3.63) is 17.6 Å². The Morgan fingerprint density at radius 3 is 2.50 bits per heavy atom. The van der Waals surface area contributed by atoms with Gasteiger partial charge in [0.1, 0.15) is 17.2 Å². The number of methoxy groups -OCH3 is 1. The van der Waals surface area contributed by atoms with Gasteiger partial charge in [0.25, 0.3) is 0 Å². The molecule has 1 aromatic heterocycles. The summed E-state index contributed by atoms with van der Waals surface area (Å²) in [5, 5.41) is 0. The zero-order valence-electron chi connectivity index (χ0n) is 12.4. The van der Waals surface area contributed by atoms with Crippen LogP contribution in [0.1, 0.15) is 61.6 Å². The Morgan fingerprint density at radius 1 is 1.35 bits per heavy atom. The molecule has 0 atom stereocenters. The summed E-state index contributed by atoms with van der Waals surface area (Å²) in [6.45, 7) is 4.56. The van der Waals surface area contributed by atoms with E-state index in [9.17, 15) is 4.79 Å². The number of aromatic nitrogens is 2. The van der Waals surface area contributed by atoms with Gasteiger partial charge in [-0.1, -0.05) is 13.8 Å². The van der Waals surface area contributed by atoms with E-state index in [0.717, 1.165) is 30.5 Å². The van der Waals surface area contributed by atoms with E-state index in [1.807, 2.05) is 0 Å². The number of nitrogens with zero attached hydrogens (tertiary/aromatic N) is 2. The second-order valence-corrected chi connectivity index (χ2v) is 5.87. The second kappa shape index (κ2) is 6.20. The average Bonchev–Trinajstić information content (AvgIpc) is 2.46. The second-order valence-electron chi connectivity index (χ2n) is 5.87. The van der Waals surface area contributed by atoms with Crippen molar-refractivity contribution in [2.24, 2.45) is 11.8 Å². The summed E-state index contributed by atoms with van der Waals surface area (Å²) in [5.41, 5.74) is 6.07. The Kier molecular flexibility index (Phi) is 4.57. The quantitative estimate of drug-likeness (QED) is 0.859. The maximum absolute atomic E-state index is 11.5. The molecule has 5 nitrogen and oxygen atoms in total. The molecule has 0 bridgehead atoms. The van der Waals surface area contributed by atoms with Crippen molar-refractivity contribution in [1.29, 1.82) is 0 Å². The number of ether oxygens (including phenoxy) is 1. The molecule has 0 aromatic carbocycles. The van der Waals surface area contributed by atoms with Gasteiger partial charge in [0.15, 0.2) is 0 Å². The molecule has 0 saturated heterocycles. The molecule has 1 saturated carbocycles. The van der Waals surface area contributed by atoms with Gasteiger partial charge in [-0.15, -0.1) is 0 Å². The fourth-order valence-electron chi connectivity index (χ4n) is 2.92. The van der Waals surface area contributed by atoms with E-state index in [1.165, 1.54) is 26.1 Å². The zero-order valence-corrected chi connectivity index (χ0v) is 12.4. The van der Waals surface area contributed by atoms with E-state index in [2.05, 4.69) is 28.6 Å². The number of nitrogen functional groups attached to an aromatic ring is 1. The normalized spacial score (nSPS) is 22.8. The van der Waals surface area contributed by atoms with Crippen molar-refractivity contribution in [2.75, 3.05) is 12.8 Å². The Labute approximate surface area is 119 Å². The number of anilines is 1. The third-order valence-corrected chi connectivity index (χ3v) is 4.32. The molecular formula is C15H23N3O2. The lowest BCUT2D eigenvalue weighted by Crippen LogP contribution is -2.20. The first-order valence-corrected chi connectivity index (χ1v) is 7.23. The zero-order chi connectivity index (χ0) is 14.7. The highest BCUT2D eigenvalue weighted by molar-refractivity contribution is 5.93. The summed E-state index contributed by atoms with van der Waals surface area (Å²) < 4.78 is 4.64. The van der Waals surface area contributed by atoms with Gasteiger partial charge in [-0.25, -0.2) is 14.8 Å². The SMILES string of the molecule is COC(=O)c1cnc(C2CCC(C(C)C)CC2)nc1N. The molecule has 1 aliphatic carbocycles. The van der Waals surface area contributed by atoms with Crippen LogP contribution in [0.5, 0.6) is 0 Å². The summed E-state index contributed by atoms with van der Waals surface area (Å²) in [6.07, 6.45) is 6.10. The summed E-state index contributed by atoms with van der Waals surface area (Å²) in [5.74, 6) is 2.39. The number of carbonyl (C=O) groups is 1. The van der Waals surface area contributed by atoms with Crippen molar-refractivity contribution in [3.63, 3.8) is 0 Å². The predicted octanol–water partition coefficient (Wildman–Crippen LogP) is 2.78. The topological polar surface area (TPSA) is 78.1 Å². The third kappa shape index (κ3) is 3.08. The average molecular weight is 277 g/mol. The van der Waals surface area contributed by atoms with Crippen LogP contribution in [0, 0.1) is 11.8 Å². The Balaban J connectivity index is 2.08. The number of carbonyl (C=O) groups excluding carboxylic acids is 1. The maximum Gasteiger partial charge on any atom is 0.343 e. The van der Waals surface area contributed by atoms with Crippen molar-refractivity contribution in [1.82, 2.24) is 9.97 Å². The molecule has 2 rings (SSSR count). The monoisotopic (exact) mass is 277 g/mol. The molecule has 5 heteroatoms. The van der Waals surface area contributed by atoms with Gasteiger partial charge < -0.3 is 10.5 Å². The molecule has 0 radical (unpaired) electrons. The lowest BCUT2D eigenvalue weighted by Gasteiger charge is -2.30. The molecule has 0 amide bonds. The van der Waals surface area contributed by atoms with Gasteiger partial charge in [-0.05, 0) is 37.5 Å². The van der Waals surface area contributed by atoms with Gasteiger partial charge in [-0.3, -0.25) is 0 Å². The van der Waals surface area contributed by atoms with E-state index in [-0.39, 0.29) is 11.4 Å². The molecule has 110 valence electrons. The van der Waals surface area contributed by atoms with E-state index in [0.29, 0.717) is 5.92 Å². The van der Waals surface area contributed by atoms with Crippen LogP contribution in [0.2, 0.25) is 0 Å². The summed E-state index contributed by atoms with van der Waals surface area (Å²) in [6, 6.07) is 0. The highest BCUT2D eigenvalue weighted by Crippen LogP contribution is 2.37. The Hall–Kier alpha value is -1.65. The molecule has 1 aliphatic rings. The van der Waals surface area contributed by atoms with Crippen LogP contribution in [0.3, 0.4) is 0 Å². The molecule has 1 aromatic rings. The summed E-state index contributed by atoms with van der Waals surface area (Å²) in [4.78, 5) is 20.1. The van der Waals surface area contributed by atoms with Crippen LogP contribution in [0.4, 0.5) is 5.82 Å². The van der Waals surface area contributed by atoms with Crippen molar-refractivity contribution in [2.45, 2.75) is 45.4 Å². The van der Waals surface area contributed by atoms with Crippen LogP contribution in [0.25, 0.3) is 0 Å². The number of hydrogen-bond acceptors (Lipinski definition) is 5. The van der Waals surface area contributed by atoms with Crippen LogP contribution >= 0.6 is 0 Å². The van der Waals surface area contributed by atoms with Crippen molar-refractivity contribution in [3.8, 4) is 0 Å². The number of esters is 1. The largest absolute Gasteiger partial charge is 0.465 e. The minimum atomic E-state index is -0.488. The van der Waals surface area contributed by atoms with E-state index in [1.54, 1.807) is 0 Å². The number of rotatable bonds is 3. The lowest BCUT2D eigenvalue weighted by molar-refractivity contribution is 0.0601. The minimum Gasteiger partial charge on any atom is -0.465 e. The van der Waals surface area contributed by atoms with Crippen LogP contribution in [-0.2, 0) is 4.74 Å². The molecular weight excluding hydrogens is 254 g/mol. The first-order valence-electron chi connectivity index (χ1n) is 7.23. The molecule has 0 spiro atoms. The Bertz CT molecular complexity index is 480. The van der Waals surface area contributed by atoms with Gasteiger partial charge in [0, 0.05) is 12.1 Å². The number of hydrogen-bond donors (Lipinski definition) is 1. The fourth-order valence-corrected chi connectivity index (χ4v) is 2.92. The molecule has 1 fully saturated rings. The van der Waals surface area contributed by atoms with E-state index in [4.69, 9.17) is 5.73 Å². The molecule has 2 N–H and O–H groups in total. The number of nitrogens with two attached hydrogens (primary N) is 1. The summed E-state index contributed by atoms with van der Waals surface area (Å²) in [7, 11) is 1.32. The van der Waals surface area contributed by atoms with E-state index < -0.39 is 5.97 Å². The first kappa shape index (κ1) is 14.8. The van der Waals surface area contributed by atoms with Crippen molar-refractivity contribution < 1.29 is 9.53 Å². The van der Waals surface area contributed by atoms with Gasteiger partial charge >= 0.3 is 5.97 Å². The van der Waals surface area contributed by atoms with Gasteiger partial charge in [0.2, 0.25) is 0 Å². The third-order valence-electron chi connectivity index (χ3n) is 4.32. The smallest absolute Gasteiger partial charge is 0.343 e. The Morgan fingerprint density at radius 2 is 2.00 bits per heavy atom. The van der Waals surface area contributed by atoms with Gasteiger partial charge in [0.05, 0.1) is 7.11 Å². The minimum absolute atomic E-state index is 0.216. The lowest BCUT2D eigenvalue weighted by atomic mass is 9.77. The van der Waals surface area contributed by atoms with Crippen molar-refractivity contribution >= 4 is 11.8 Å². The predicted molar refractivity (Wildman–Crippen MR) is 77.3 cm³/mol. The molecule has 20 heavy (non-hydrogen) atoms. The van der Waals surface area contributed by atoms with E-state index >= 15 is 0 Å². The maximum atomic E-state index is 11.5. The van der Waals surface area contributed by atoms with Gasteiger partial charge in [-0.2, -0.15) is 0 Å². The van der Waals surface area contributed by atoms with Crippen LogP contribution in [0.15, 0.2) is 6.20 Å². The molecule has 0 aliphatic heterocycles. The fraction of sp³-hybridized carbons (Fsp3) is 0.667. The highest BCUT2D eigenvalue weighted by atomic mass is 16.5. The summed E-state index contributed by atoms with van der Waals surface area (Å²) >= 11 is 0. The first-order chi connectivity index (χ1) is 9.52. The van der Waals surface area contributed by atoms with Crippen LogP contribution < -0.4 is 5.73 Å². The highest BCUT2D eigenvalue weighted by Gasteiger charge is 2.26. The molecule has 0 unspecified atom stereocenters. The van der Waals surface area contributed by atoms with Crippen LogP contribution in [-0.4, -0.2) is 23.0 Å².